The molecular weight excluding hydrogens is 564 g/mol. The number of aromatic nitrogens is 3. The first-order chi connectivity index (χ1) is 20.9. The van der Waals surface area contributed by atoms with Crippen molar-refractivity contribution in [3.63, 3.8) is 0 Å². The Hall–Kier alpha value is -3.96. The van der Waals surface area contributed by atoms with Crippen molar-refractivity contribution >= 4 is 17.9 Å². The van der Waals surface area contributed by atoms with Gasteiger partial charge in [0.05, 0.1) is 18.8 Å². The van der Waals surface area contributed by atoms with Gasteiger partial charge in [-0.3, -0.25) is 0 Å². The number of hydrogen-bond donors (Lipinski definition) is 2. The molecule has 4 aromatic rings. The van der Waals surface area contributed by atoms with Crippen molar-refractivity contribution in [3.8, 4) is 11.1 Å². The van der Waals surface area contributed by atoms with Crippen LogP contribution in [0.15, 0.2) is 96.9 Å². The van der Waals surface area contributed by atoms with Crippen molar-refractivity contribution in [1.29, 1.82) is 0 Å². The van der Waals surface area contributed by atoms with Gasteiger partial charge in [0.2, 0.25) is 0 Å². The Morgan fingerprint density at radius 1 is 1.07 bits per heavy atom. The highest BCUT2D eigenvalue weighted by molar-refractivity contribution is 7.99. The molecule has 0 saturated carbocycles. The van der Waals surface area contributed by atoms with Gasteiger partial charge in [-0.25, -0.2) is 4.79 Å². The normalized spacial score (nSPS) is 20.0. The number of ether oxygens (including phenoxy) is 3. The molecule has 1 amide bonds. The van der Waals surface area contributed by atoms with Crippen molar-refractivity contribution < 1.29 is 24.1 Å². The summed E-state index contributed by atoms with van der Waals surface area (Å²) < 4.78 is 20.1. The molecule has 43 heavy (non-hydrogen) atoms. The molecule has 5 rings (SSSR count). The Morgan fingerprint density at radius 2 is 1.84 bits per heavy atom. The van der Waals surface area contributed by atoms with E-state index in [9.17, 15) is 9.90 Å². The largest absolute Gasteiger partial charge is 0.445 e. The molecular formula is C33H36N4O5S. The van der Waals surface area contributed by atoms with E-state index in [1.807, 2.05) is 72.3 Å². The maximum atomic E-state index is 11.8. The fourth-order valence-electron chi connectivity index (χ4n) is 4.92. The highest BCUT2D eigenvalue weighted by atomic mass is 32.2. The van der Waals surface area contributed by atoms with E-state index in [1.54, 1.807) is 18.1 Å². The first-order valence-corrected chi connectivity index (χ1v) is 15.1. The molecule has 0 radical (unpaired) electrons. The number of amides is 1. The van der Waals surface area contributed by atoms with Gasteiger partial charge >= 0.3 is 6.09 Å². The molecule has 9 nitrogen and oxygen atoms in total. The SMILES string of the molecule is C=CCOC(=O)NCc1cccc(-c2ccc(C3OC(CSc4nncn4C)C(C)C(c4ccc(CO)cc4)O3)cc2)c1. The second kappa shape index (κ2) is 14.5. The molecule has 0 aliphatic carbocycles. The number of benzene rings is 3. The van der Waals surface area contributed by atoms with Gasteiger partial charge in [0.15, 0.2) is 11.4 Å². The first kappa shape index (κ1) is 30.5. The van der Waals surface area contributed by atoms with Crippen LogP contribution in [0.5, 0.6) is 0 Å². The second-order valence-electron chi connectivity index (χ2n) is 10.4. The van der Waals surface area contributed by atoms with Crippen LogP contribution in [0.4, 0.5) is 4.79 Å². The number of aliphatic hydroxyl groups excluding tert-OH is 1. The lowest BCUT2D eigenvalue weighted by Crippen LogP contribution is -2.38. The number of carbonyl (C=O) groups excluding carboxylic acids is 1. The lowest BCUT2D eigenvalue weighted by molar-refractivity contribution is -0.268. The van der Waals surface area contributed by atoms with Crippen LogP contribution in [0.1, 0.15) is 41.6 Å². The third-order valence-corrected chi connectivity index (χ3v) is 8.51. The molecule has 1 aliphatic heterocycles. The molecule has 10 heteroatoms. The summed E-state index contributed by atoms with van der Waals surface area (Å²) >= 11 is 1.61. The summed E-state index contributed by atoms with van der Waals surface area (Å²) in [7, 11) is 1.93. The number of nitrogens with one attached hydrogen (secondary N) is 1. The minimum Gasteiger partial charge on any atom is -0.445 e. The average molecular weight is 601 g/mol. The number of rotatable bonds is 11. The van der Waals surface area contributed by atoms with Crippen molar-refractivity contribution in [2.75, 3.05) is 12.4 Å². The van der Waals surface area contributed by atoms with Gasteiger partial charge in [-0.1, -0.05) is 98.1 Å². The number of carbonyl (C=O) groups is 1. The van der Waals surface area contributed by atoms with Gasteiger partial charge in [0.1, 0.15) is 12.9 Å². The fraction of sp³-hybridized carbons (Fsp3) is 0.303. The van der Waals surface area contributed by atoms with Crippen LogP contribution in [0.2, 0.25) is 0 Å². The molecule has 224 valence electrons. The Labute approximate surface area is 255 Å². The van der Waals surface area contributed by atoms with Gasteiger partial charge in [-0.15, -0.1) is 10.2 Å². The Bertz CT molecular complexity index is 1510. The number of hydrogen-bond acceptors (Lipinski definition) is 8. The van der Waals surface area contributed by atoms with E-state index in [1.165, 1.54) is 6.08 Å². The Kier molecular flexibility index (Phi) is 10.3. The molecule has 0 spiro atoms. The predicted molar refractivity (Wildman–Crippen MR) is 165 cm³/mol. The maximum Gasteiger partial charge on any atom is 0.407 e. The predicted octanol–water partition coefficient (Wildman–Crippen LogP) is 5.97. The van der Waals surface area contributed by atoms with Crippen molar-refractivity contribution in [2.24, 2.45) is 13.0 Å². The zero-order valence-corrected chi connectivity index (χ0v) is 25.1. The standard InChI is InChI=1S/C33H36N4O5S/c1-4-16-40-33(39)34-18-24-6-5-7-28(17-24)25-12-14-27(15-13-25)31-41-29(20-43-32-36-35-21-37(32)3)22(2)30(42-31)26-10-8-23(19-38)9-11-26/h4-15,17,21-22,29-31,38H,1,16,18-20H2,2-3H3,(H,34,39). The van der Waals surface area contributed by atoms with E-state index < -0.39 is 12.4 Å². The minimum absolute atomic E-state index is 0.00188. The lowest BCUT2D eigenvalue weighted by Gasteiger charge is -2.41. The summed E-state index contributed by atoms with van der Waals surface area (Å²) in [5.74, 6) is 0.764. The summed E-state index contributed by atoms with van der Waals surface area (Å²) in [6.45, 7) is 6.22. The summed E-state index contributed by atoms with van der Waals surface area (Å²) in [5.41, 5.74) is 5.85. The number of aliphatic hydroxyl groups is 1. The van der Waals surface area contributed by atoms with Crippen molar-refractivity contribution in [2.45, 2.75) is 43.7 Å². The highest BCUT2D eigenvalue weighted by Gasteiger charge is 2.38. The van der Waals surface area contributed by atoms with Crippen LogP contribution >= 0.6 is 11.8 Å². The Balaban J connectivity index is 1.32. The minimum atomic E-state index is -0.560. The molecule has 4 atom stereocenters. The molecule has 2 heterocycles. The zero-order chi connectivity index (χ0) is 30.2. The van der Waals surface area contributed by atoms with Crippen LogP contribution < -0.4 is 5.32 Å². The lowest BCUT2D eigenvalue weighted by atomic mass is 9.91. The van der Waals surface area contributed by atoms with E-state index in [4.69, 9.17) is 14.2 Å². The van der Waals surface area contributed by atoms with Crippen LogP contribution in [0, 0.1) is 5.92 Å². The molecule has 0 bridgehead atoms. The maximum absolute atomic E-state index is 11.8. The zero-order valence-electron chi connectivity index (χ0n) is 24.3. The van der Waals surface area contributed by atoms with Crippen LogP contribution in [0.3, 0.4) is 0 Å². The summed E-state index contributed by atoms with van der Waals surface area (Å²) in [5, 5.41) is 21.3. The second-order valence-corrected chi connectivity index (χ2v) is 11.4. The number of aryl methyl sites for hydroxylation is 1. The van der Waals surface area contributed by atoms with E-state index in [0.717, 1.165) is 38.5 Å². The van der Waals surface area contributed by atoms with Gasteiger partial charge in [-0.05, 0) is 33.9 Å². The van der Waals surface area contributed by atoms with Gasteiger partial charge in [0, 0.05) is 30.8 Å². The van der Waals surface area contributed by atoms with E-state index in [-0.39, 0.29) is 31.3 Å². The molecule has 2 N–H and O–H groups in total. The first-order valence-electron chi connectivity index (χ1n) is 14.1. The van der Waals surface area contributed by atoms with E-state index >= 15 is 0 Å². The third kappa shape index (κ3) is 7.71. The summed E-state index contributed by atoms with van der Waals surface area (Å²) in [4.78, 5) is 11.8. The third-order valence-electron chi connectivity index (χ3n) is 7.38. The monoisotopic (exact) mass is 600 g/mol. The molecule has 1 saturated heterocycles. The number of alkyl carbamates (subject to hydrolysis) is 1. The number of thioether (sulfide) groups is 1. The highest BCUT2D eigenvalue weighted by Crippen LogP contribution is 2.43. The van der Waals surface area contributed by atoms with Crippen LogP contribution in [0.25, 0.3) is 11.1 Å². The number of nitrogens with zero attached hydrogens (tertiary/aromatic N) is 3. The Morgan fingerprint density at radius 3 is 2.53 bits per heavy atom. The van der Waals surface area contributed by atoms with Gasteiger partial charge in [0.25, 0.3) is 0 Å². The van der Waals surface area contributed by atoms with Gasteiger partial charge in [-0.2, -0.15) is 0 Å². The smallest absolute Gasteiger partial charge is 0.407 e. The summed E-state index contributed by atoms with van der Waals surface area (Å²) in [6, 6.07) is 24.1. The molecule has 1 fully saturated rings. The van der Waals surface area contributed by atoms with Crippen LogP contribution in [-0.4, -0.2) is 44.4 Å². The van der Waals surface area contributed by atoms with E-state index in [2.05, 4.69) is 41.1 Å². The average Bonchev–Trinajstić information content (AvgIpc) is 3.46. The summed E-state index contributed by atoms with van der Waals surface area (Å²) in [6.07, 6.45) is 1.88. The molecule has 1 aliphatic rings. The molecule has 4 unspecified atom stereocenters. The van der Waals surface area contributed by atoms with Gasteiger partial charge < -0.3 is 29.2 Å². The quantitative estimate of drug-likeness (QED) is 0.160. The fourth-order valence-corrected chi connectivity index (χ4v) is 5.97. The molecule has 3 aromatic carbocycles. The van der Waals surface area contributed by atoms with Crippen molar-refractivity contribution in [1.82, 2.24) is 20.1 Å². The topological polar surface area (TPSA) is 108 Å². The van der Waals surface area contributed by atoms with Crippen LogP contribution in [-0.2, 0) is 34.4 Å². The van der Waals surface area contributed by atoms with E-state index in [0.29, 0.717) is 12.3 Å². The molecule has 1 aromatic heterocycles. The van der Waals surface area contributed by atoms with Crippen molar-refractivity contribution in [3.05, 3.63) is 114 Å².